The Morgan fingerprint density at radius 2 is 1.83 bits per heavy atom. The van der Waals surface area contributed by atoms with Crippen LogP contribution in [0.3, 0.4) is 0 Å². The van der Waals surface area contributed by atoms with Crippen molar-refractivity contribution in [3.05, 3.63) is 35.9 Å². The fourth-order valence-electron chi connectivity index (χ4n) is 3.06. The molecule has 2 heteroatoms. The molecule has 1 atom stereocenters. The summed E-state index contributed by atoms with van der Waals surface area (Å²) in [7, 11) is 0. The van der Waals surface area contributed by atoms with Gasteiger partial charge in [0.1, 0.15) is 0 Å². The SMILES string of the molecule is O=C(O)C(CCc1ccccc1)C1CCCCC1. The van der Waals surface area contributed by atoms with E-state index in [0.717, 1.165) is 25.7 Å². The number of benzene rings is 1. The maximum absolute atomic E-state index is 11.4. The molecule has 0 spiro atoms. The zero-order valence-corrected chi connectivity index (χ0v) is 10.8. The molecular formula is C16H22O2. The van der Waals surface area contributed by atoms with Gasteiger partial charge >= 0.3 is 5.97 Å². The number of carboxylic acid groups (broad SMARTS) is 1. The third-order valence-corrected chi connectivity index (χ3v) is 4.12. The zero-order valence-electron chi connectivity index (χ0n) is 10.8. The van der Waals surface area contributed by atoms with Gasteiger partial charge < -0.3 is 5.11 Å². The lowest BCUT2D eigenvalue weighted by Gasteiger charge is -2.27. The second kappa shape index (κ2) is 6.58. The molecule has 1 aromatic carbocycles. The zero-order chi connectivity index (χ0) is 12.8. The van der Waals surface area contributed by atoms with E-state index in [1.165, 1.54) is 24.8 Å². The quantitative estimate of drug-likeness (QED) is 0.855. The number of aryl methyl sites for hydroxylation is 1. The van der Waals surface area contributed by atoms with E-state index in [1.54, 1.807) is 0 Å². The summed E-state index contributed by atoms with van der Waals surface area (Å²) < 4.78 is 0. The number of carboxylic acids is 1. The predicted octanol–water partition coefficient (Wildman–Crippen LogP) is 3.90. The number of hydrogen-bond donors (Lipinski definition) is 1. The molecule has 0 aromatic heterocycles. The first-order chi connectivity index (χ1) is 8.77. The van der Waals surface area contributed by atoms with E-state index in [-0.39, 0.29) is 5.92 Å². The molecule has 1 unspecified atom stereocenters. The molecule has 0 amide bonds. The van der Waals surface area contributed by atoms with Gasteiger partial charge in [-0.1, -0.05) is 49.6 Å². The second-order valence-corrected chi connectivity index (χ2v) is 5.37. The molecule has 18 heavy (non-hydrogen) atoms. The van der Waals surface area contributed by atoms with Crippen LogP contribution in [0.4, 0.5) is 0 Å². The van der Waals surface area contributed by atoms with E-state index in [4.69, 9.17) is 0 Å². The Morgan fingerprint density at radius 1 is 1.17 bits per heavy atom. The highest BCUT2D eigenvalue weighted by Gasteiger charge is 2.28. The first kappa shape index (κ1) is 13.1. The van der Waals surface area contributed by atoms with Gasteiger partial charge in [-0.2, -0.15) is 0 Å². The first-order valence-corrected chi connectivity index (χ1v) is 7.04. The van der Waals surface area contributed by atoms with Gasteiger partial charge in [0.05, 0.1) is 5.92 Å². The van der Waals surface area contributed by atoms with E-state index in [1.807, 2.05) is 18.2 Å². The van der Waals surface area contributed by atoms with Crippen LogP contribution in [-0.2, 0) is 11.2 Å². The second-order valence-electron chi connectivity index (χ2n) is 5.37. The Balaban J connectivity index is 1.92. The maximum Gasteiger partial charge on any atom is 0.306 e. The average Bonchev–Trinajstić information content (AvgIpc) is 2.41. The molecule has 1 saturated carbocycles. The lowest BCUT2D eigenvalue weighted by molar-refractivity contribution is -0.144. The summed E-state index contributed by atoms with van der Waals surface area (Å²) in [6, 6.07) is 10.2. The van der Waals surface area contributed by atoms with Crippen molar-refractivity contribution in [3.63, 3.8) is 0 Å². The van der Waals surface area contributed by atoms with Crippen molar-refractivity contribution in [2.75, 3.05) is 0 Å². The van der Waals surface area contributed by atoms with Crippen LogP contribution >= 0.6 is 0 Å². The van der Waals surface area contributed by atoms with E-state index in [0.29, 0.717) is 5.92 Å². The van der Waals surface area contributed by atoms with Crippen molar-refractivity contribution in [2.45, 2.75) is 44.9 Å². The van der Waals surface area contributed by atoms with Crippen molar-refractivity contribution in [3.8, 4) is 0 Å². The van der Waals surface area contributed by atoms with Crippen LogP contribution in [-0.4, -0.2) is 11.1 Å². The number of rotatable bonds is 5. The highest BCUT2D eigenvalue weighted by molar-refractivity contribution is 5.70. The van der Waals surface area contributed by atoms with Crippen LogP contribution in [0.25, 0.3) is 0 Å². The minimum Gasteiger partial charge on any atom is -0.481 e. The van der Waals surface area contributed by atoms with Crippen molar-refractivity contribution < 1.29 is 9.90 Å². The van der Waals surface area contributed by atoms with Crippen LogP contribution in [0.15, 0.2) is 30.3 Å². The normalized spacial score (nSPS) is 18.4. The van der Waals surface area contributed by atoms with E-state index >= 15 is 0 Å². The molecule has 2 nitrogen and oxygen atoms in total. The maximum atomic E-state index is 11.4. The van der Waals surface area contributed by atoms with Gasteiger partial charge in [0.25, 0.3) is 0 Å². The first-order valence-electron chi connectivity index (χ1n) is 7.04. The summed E-state index contributed by atoms with van der Waals surface area (Å²) in [5.41, 5.74) is 1.25. The predicted molar refractivity (Wildman–Crippen MR) is 72.5 cm³/mol. The highest BCUT2D eigenvalue weighted by atomic mass is 16.4. The standard InChI is InChI=1S/C16H22O2/c17-16(18)15(14-9-5-2-6-10-14)12-11-13-7-3-1-4-8-13/h1,3-4,7-8,14-15H,2,5-6,9-12H2,(H,17,18). The molecule has 1 aromatic rings. The molecule has 0 radical (unpaired) electrons. The summed E-state index contributed by atoms with van der Waals surface area (Å²) in [5, 5.41) is 9.40. The van der Waals surface area contributed by atoms with Crippen LogP contribution in [0.2, 0.25) is 0 Å². The van der Waals surface area contributed by atoms with Crippen LogP contribution in [0.1, 0.15) is 44.1 Å². The Bertz CT molecular complexity index is 366. The van der Waals surface area contributed by atoms with Crippen LogP contribution in [0, 0.1) is 11.8 Å². The van der Waals surface area contributed by atoms with Crippen molar-refractivity contribution >= 4 is 5.97 Å². The molecule has 1 fully saturated rings. The van der Waals surface area contributed by atoms with Gasteiger partial charge in [0, 0.05) is 0 Å². The van der Waals surface area contributed by atoms with Crippen LogP contribution in [0.5, 0.6) is 0 Å². The van der Waals surface area contributed by atoms with Crippen LogP contribution < -0.4 is 0 Å². The van der Waals surface area contributed by atoms with Gasteiger partial charge in [-0.15, -0.1) is 0 Å². The molecule has 0 aliphatic heterocycles. The third kappa shape index (κ3) is 3.59. The van der Waals surface area contributed by atoms with Crippen molar-refractivity contribution in [2.24, 2.45) is 11.8 Å². The largest absolute Gasteiger partial charge is 0.481 e. The minimum absolute atomic E-state index is 0.148. The lowest BCUT2D eigenvalue weighted by atomic mass is 9.77. The van der Waals surface area contributed by atoms with Crippen molar-refractivity contribution in [1.82, 2.24) is 0 Å². The highest BCUT2D eigenvalue weighted by Crippen LogP contribution is 2.32. The number of carbonyl (C=O) groups is 1. The van der Waals surface area contributed by atoms with E-state index < -0.39 is 5.97 Å². The molecule has 0 bridgehead atoms. The monoisotopic (exact) mass is 246 g/mol. The summed E-state index contributed by atoms with van der Waals surface area (Å²) in [4.78, 5) is 11.4. The Hall–Kier alpha value is -1.31. The summed E-state index contributed by atoms with van der Waals surface area (Å²) in [6.45, 7) is 0. The number of aliphatic carboxylic acids is 1. The fourth-order valence-corrected chi connectivity index (χ4v) is 3.06. The Kier molecular flexibility index (Phi) is 4.80. The van der Waals surface area contributed by atoms with Crippen molar-refractivity contribution in [1.29, 1.82) is 0 Å². The lowest BCUT2D eigenvalue weighted by Crippen LogP contribution is -2.26. The van der Waals surface area contributed by atoms with E-state index in [2.05, 4.69) is 12.1 Å². The third-order valence-electron chi connectivity index (χ3n) is 4.12. The van der Waals surface area contributed by atoms with Gasteiger partial charge in [-0.05, 0) is 37.2 Å². The summed E-state index contributed by atoms with van der Waals surface area (Å²) in [6.07, 6.45) is 7.57. The summed E-state index contributed by atoms with van der Waals surface area (Å²) in [5.74, 6) is -0.344. The van der Waals surface area contributed by atoms with E-state index in [9.17, 15) is 9.90 Å². The van der Waals surface area contributed by atoms with Gasteiger partial charge in [0.15, 0.2) is 0 Å². The number of hydrogen-bond acceptors (Lipinski definition) is 1. The molecule has 2 rings (SSSR count). The molecular weight excluding hydrogens is 224 g/mol. The molecule has 1 aliphatic carbocycles. The molecule has 98 valence electrons. The van der Waals surface area contributed by atoms with Gasteiger partial charge in [-0.25, -0.2) is 0 Å². The molecule has 1 aliphatic rings. The average molecular weight is 246 g/mol. The smallest absolute Gasteiger partial charge is 0.306 e. The molecule has 0 saturated heterocycles. The Morgan fingerprint density at radius 3 is 2.44 bits per heavy atom. The fraction of sp³-hybridized carbons (Fsp3) is 0.562. The van der Waals surface area contributed by atoms with Gasteiger partial charge in [-0.3, -0.25) is 4.79 Å². The summed E-state index contributed by atoms with van der Waals surface area (Å²) >= 11 is 0. The molecule has 1 N–H and O–H groups in total. The molecule has 0 heterocycles. The topological polar surface area (TPSA) is 37.3 Å². The van der Waals surface area contributed by atoms with Gasteiger partial charge in [0.2, 0.25) is 0 Å². The Labute approximate surface area is 109 Å². The minimum atomic E-state index is -0.599.